The zero-order valence-corrected chi connectivity index (χ0v) is 5.07. The third-order valence-electron chi connectivity index (χ3n) is 0.378. The van der Waals surface area contributed by atoms with Crippen molar-refractivity contribution < 1.29 is 9.90 Å². The van der Waals surface area contributed by atoms with E-state index in [-0.39, 0.29) is 5.38 Å². The van der Waals surface area contributed by atoms with Gasteiger partial charge in [0.15, 0.2) is 0 Å². The number of carboxylic acid groups (broad SMARTS) is 1. The van der Waals surface area contributed by atoms with Crippen molar-refractivity contribution in [2.75, 3.05) is 0 Å². The quantitative estimate of drug-likeness (QED) is 0.389. The van der Waals surface area contributed by atoms with Crippen LogP contribution in [0.1, 0.15) is 6.92 Å². The van der Waals surface area contributed by atoms with Crippen molar-refractivity contribution >= 4 is 17.6 Å². The fourth-order valence-electron chi connectivity index (χ4n) is 0.161. The molecule has 1 unspecified atom stereocenters. The molecule has 3 heteroatoms. The number of hydrogen-bond donors (Lipinski definition) is 1. The van der Waals surface area contributed by atoms with Gasteiger partial charge in [0.05, 0.1) is 5.38 Å². The molecule has 0 radical (unpaired) electrons. The maximum absolute atomic E-state index is 9.67. The van der Waals surface area contributed by atoms with E-state index in [0.29, 0.717) is 0 Å². The van der Waals surface area contributed by atoms with Gasteiger partial charge in [0, 0.05) is 5.92 Å². The van der Waals surface area contributed by atoms with Gasteiger partial charge in [0.2, 0.25) is 0 Å². The van der Waals surface area contributed by atoms with Gasteiger partial charge in [-0.1, -0.05) is 5.92 Å². The Labute approximate surface area is 52.5 Å². The molecular formula is C5H5ClO2. The van der Waals surface area contributed by atoms with Crippen LogP contribution in [0.5, 0.6) is 0 Å². The van der Waals surface area contributed by atoms with E-state index < -0.39 is 5.97 Å². The van der Waals surface area contributed by atoms with E-state index in [2.05, 4.69) is 5.92 Å². The molecule has 0 aliphatic rings. The summed E-state index contributed by atoms with van der Waals surface area (Å²) in [4.78, 5) is 9.67. The molecule has 0 aromatic carbocycles. The molecule has 2 nitrogen and oxygen atoms in total. The van der Waals surface area contributed by atoms with Crippen LogP contribution in [0.4, 0.5) is 0 Å². The Kier molecular flexibility index (Phi) is 3.05. The average Bonchev–Trinajstić information content (AvgIpc) is 1.61. The lowest BCUT2D eigenvalue weighted by Gasteiger charge is -1.80. The molecule has 0 amide bonds. The molecule has 0 saturated carbocycles. The normalized spacial score (nSPS) is 11.2. The Balaban J connectivity index is 3.68. The highest BCUT2D eigenvalue weighted by Crippen LogP contribution is 1.87. The van der Waals surface area contributed by atoms with Crippen LogP contribution in [0.15, 0.2) is 0 Å². The molecule has 1 N–H and O–H groups in total. The van der Waals surface area contributed by atoms with E-state index in [1.165, 1.54) is 0 Å². The van der Waals surface area contributed by atoms with Crippen LogP contribution in [0.2, 0.25) is 0 Å². The highest BCUT2D eigenvalue weighted by Gasteiger charge is 1.86. The molecule has 0 bridgehead atoms. The minimum absolute atomic E-state index is 0.383. The lowest BCUT2D eigenvalue weighted by Crippen LogP contribution is -1.90. The molecule has 0 aliphatic carbocycles. The molecule has 0 rings (SSSR count). The van der Waals surface area contributed by atoms with Gasteiger partial charge in [0.25, 0.3) is 0 Å². The zero-order valence-electron chi connectivity index (χ0n) is 4.31. The SMILES string of the molecule is CC(Cl)C#CC(=O)O. The van der Waals surface area contributed by atoms with E-state index in [1.807, 2.05) is 5.92 Å². The van der Waals surface area contributed by atoms with Crippen molar-refractivity contribution in [1.82, 2.24) is 0 Å². The topological polar surface area (TPSA) is 37.3 Å². The molecular weight excluding hydrogens is 128 g/mol. The Hall–Kier alpha value is -0.680. The summed E-state index contributed by atoms with van der Waals surface area (Å²) in [6.07, 6.45) is 0. The lowest BCUT2D eigenvalue weighted by atomic mass is 10.5. The van der Waals surface area contributed by atoms with Gasteiger partial charge in [0.1, 0.15) is 0 Å². The van der Waals surface area contributed by atoms with E-state index in [4.69, 9.17) is 16.7 Å². The van der Waals surface area contributed by atoms with Crippen molar-refractivity contribution in [3.63, 3.8) is 0 Å². The molecule has 44 valence electrons. The number of carboxylic acids is 1. The van der Waals surface area contributed by atoms with Crippen LogP contribution in [-0.4, -0.2) is 16.5 Å². The second-order valence-corrected chi connectivity index (χ2v) is 1.85. The molecule has 0 saturated heterocycles. The van der Waals surface area contributed by atoms with E-state index in [1.54, 1.807) is 6.92 Å². The predicted molar refractivity (Wildman–Crippen MR) is 30.7 cm³/mol. The number of hydrogen-bond acceptors (Lipinski definition) is 1. The van der Waals surface area contributed by atoms with Crippen molar-refractivity contribution in [2.24, 2.45) is 0 Å². The summed E-state index contributed by atoms with van der Waals surface area (Å²) in [7, 11) is 0. The molecule has 0 aromatic heterocycles. The summed E-state index contributed by atoms with van der Waals surface area (Å²) in [6.45, 7) is 1.61. The smallest absolute Gasteiger partial charge is 0.381 e. The van der Waals surface area contributed by atoms with Crippen LogP contribution in [-0.2, 0) is 4.79 Å². The Bertz CT molecular complexity index is 140. The molecule has 1 atom stereocenters. The Morgan fingerprint density at radius 2 is 2.38 bits per heavy atom. The first kappa shape index (κ1) is 7.32. The van der Waals surface area contributed by atoms with Crippen LogP contribution >= 0.6 is 11.6 Å². The molecule has 0 fully saturated rings. The van der Waals surface area contributed by atoms with Crippen LogP contribution in [0.3, 0.4) is 0 Å². The molecule has 0 aliphatic heterocycles. The number of rotatable bonds is 0. The summed E-state index contributed by atoms with van der Waals surface area (Å²) in [6, 6.07) is 0. The molecule has 0 spiro atoms. The average molecular weight is 133 g/mol. The Morgan fingerprint density at radius 1 is 1.88 bits per heavy atom. The van der Waals surface area contributed by atoms with Gasteiger partial charge in [-0.25, -0.2) is 4.79 Å². The zero-order chi connectivity index (χ0) is 6.57. The number of carbonyl (C=O) groups is 1. The summed E-state index contributed by atoms with van der Waals surface area (Å²) < 4.78 is 0. The first-order chi connectivity index (χ1) is 3.63. The lowest BCUT2D eigenvalue weighted by molar-refractivity contribution is -0.130. The third-order valence-corrected chi connectivity index (χ3v) is 0.487. The summed E-state index contributed by atoms with van der Waals surface area (Å²) >= 11 is 5.28. The van der Waals surface area contributed by atoms with Crippen molar-refractivity contribution in [3.05, 3.63) is 0 Å². The molecule has 0 aromatic rings. The minimum Gasteiger partial charge on any atom is -0.472 e. The maximum Gasteiger partial charge on any atom is 0.381 e. The van der Waals surface area contributed by atoms with Gasteiger partial charge in [-0.3, -0.25) is 0 Å². The monoisotopic (exact) mass is 132 g/mol. The van der Waals surface area contributed by atoms with Crippen molar-refractivity contribution in [3.8, 4) is 11.8 Å². The van der Waals surface area contributed by atoms with Gasteiger partial charge in [-0.2, -0.15) is 0 Å². The van der Waals surface area contributed by atoms with Crippen LogP contribution in [0, 0.1) is 11.8 Å². The highest BCUT2D eigenvalue weighted by molar-refractivity contribution is 6.22. The van der Waals surface area contributed by atoms with E-state index in [0.717, 1.165) is 0 Å². The number of halogens is 1. The third kappa shape index (κ3) is 5.32. The van der Waals surface area contributed by atoms with E-state index in [9.17, 15) is 4.79 Å². The van der Waals surface area contributed by atoms with E-state index >= 15 is 0 Å². The van der Waals surface area contributed by atoms with Gasteiger partial charge in [-0.05, 0) is 6.92 Å². The van der Waals surface area contributed by atoms with Gasteiger partial charge >= 0.3 is 5.97 Å². The summed E-state index contributed by atoms with van der Waals surface area (Å²) in [5.74, 6) is 3.00. The second-order valence-electron chi connectivity index (χ2n) is 1.19. The highest BCUT2D eigenvalue weighted by atomic mass is 35.5. The van der Waals surface area contributed by atoms with Crippen LogP contribution in [0.25, 0.3) is 0 Å². The molecule has 0 heterocycles. The predicted octanol–water partition coefficient (Wildman–Crippen LogP) is 0.702. The minimum atomic E-state index is -1.14. The van der Waals surface area contributed by atoms with Crippen molar-refractivity contribution in [1.29, 1.82) is 0 Å². The standard InChI is InChI=1S/C5H5ClO2/c1-4(6)2-3-5(7)8/h4H,1H3,(H,7,8). The van der Waals surface area contributed by atoms with Crippen molar-refractivity contribution in [2.45, 2.75) is 12.3 Å². The number of aliphatic carboxylic acids is 1. The fraction of sp³-hybridized carbons (Fsp3) is 0.400. The second kappa shape index (κ2) is 3.34. The van der Waals surface area contributed by atoms with Crippen LogP contribution < -0.4 is 0 Å². The largest absolute Gasteiger partial charge is 0.472 e. The molecule has 8 heavy (non-hydrogen) atoms. The first-order valence-electron chi connectivity index (χ1n) is 2.01. The maximum atomic E-state index is 9.67. The first-order valence-corrected chi connectivity index (χ1v) is 2.45. The fourth-order valence-corrected chi connectivity index (χ4v) is 0.216. The summed E-state index contributed by atoms with van der Waals surface area (Å²) in [5.41, 5.74) is 0. The van der Waals surface area contributed by atoms with Gasteiger partial charge in [-0.15, -0.1) is 11.6 Å². The van der Waals surface area contributed by atoms with Gasteiger partial charge < -0.3 is 5.11 Å². The number of alkyl halides is 1. The Morgan fingerprint density at radius 3 is 2.50 bits per heavy atom. The summed E-state index contributed by atoms with van der Waals surface area (Å²) in [5, 5.41) is 7.55.